The van der Waals surface area contributed by atoms with E-state index in [-0.39, 0.29) is 5.63 Å². The Morgan fingerprint density at radius 2 is 1.92 bits per heavy atom. The van der Waals surface area contributed by atoms with Gasteiger partial charge in [-0.15, -0.1) is 0 Å². The Morgan fingerprint density at radius 3 is 2.65 bits per heavy atom. The standard InChI is InChI=1S/C19H14Br2ClNO3/c1-9-10(2)19(24)26-17-12(9)6-15(22)18-13(17)7-23(8-25-18)16-4-3-11(20)5-14(16)21/h3-6H,7-8H2,1-2H3. The minimum Gasteiger partial charge on any atom is -0.471 e. The molecule has 1 aromatic heterocycles. The first-order chi connectivity index (χ1) is 12.4. The van der Waals surface area contributed by atoms with Crippen LogP contribution in [0.4, 0.5) is 5.69 Å². The molecule has 134 valence electrons. The van der Waals surface area contributed by atoms with Crippen LogP contribution in [0, 0.1) is 13.8 Å². The predicted octanol–water partition coefficient (Wildman–Crippen LogP) is 5.94. The minimum atomic E-state index is -0.332. The molecule has 0 amide bonds. The van der Waals surface area contributed by atoms with Crippen molar-refractivity contribution in [2.45, 2.75) is 20.4 Å². The van der Waals surface area contributed by atoms with Gasteiger partial charge in [-0.25, -0.2) is 4.79 Å². The lowest BCUT2D eigenvalue weighted by atomic mass is 10.0. The Kier molecular flexibility index (Phi) is 4.53. The molecule has 4 rings (SSSR count). The van der Waals surface area contributed by atoms with Crippen molar-refractivity contribution in [3.63, 3.8) is 0 Å². The molecule has 26 heavy (non-hydrogen) atoms. The lowest BCUT2D eigenvalue weighted by Gasteiger charge is -2.32. The van der Waals surface area contributed by atoms with Gasteiger partial charge >= 0.3 is 5.63 Å². The average molecular weight is 500 g/mol. The van der Waals surface area contributed by atoms with E-state index in [0.717, 1.165) is 31.1 Å². The van der Waals surface area contributed by atoms with E-state index in [1.807, 2.05) is 31.2 Å². The maximum absolute atomic E-state index is 12.2. The number of halogens is 3. The zero-order valence-electron chi connectivity index (χ0n) is 14.0. The zero-order chi connectivity index (χ0) is 18.6. The summed E-state index contributed by atoms with van der Waals surface area (Å²) in [5.41, 5.74) is 3.45. The van der Waals surface area contributed by atoms with Crippen LogP contribution in [0.5, 0.6) is 5.75 Å². The normalized spacial score (nSPS) is 13.7. The molecule has 2 heterocycles. The third-order valence-corrected chi connectivity index (χ3v) is 6.12. The molecule has 0 aliphatic carbocycles. The molecule has 0 spiro atoms. The molecule has 0 saturated heterocycles. The SMILES string of the molecule is Cc1c(C)c2cc(Cl)c3c(c2oc1=O)CN(c1ccc(Br)cc1Br)CO3. The number of hydrogen-bond donors (Lipinski definition) is 0. The van der Waals surface area contributed by atoms with E-state index in [0.29, 0.717) is 35.2 Å². The Morgan fingerprint density at radius 1 is 1.15 bits per heavy atom. The van der Waals surface area contributed by atoms with Gasteiger partial charge in [0.2, 0.25) is 0 Å². The number of aryl methyl sites for hydroxylation is 1. The van der Waals surface area contributed by atoms with Crippen LogP contribution in [0.15, 0.2) is 42.4 Å². The van der Waals surface area contributed by atoms with E-state index in [2.05, 4.69) is 36.8 Å². The molecule has 0 saturated carbocycles. The number of nitrogens with zero attached hydrogens (tertiary/aromatic N) is 1. The number of benzene rings is 2. The summed E-state index contributed by atoms with van der Waals surface area (Å²) in [6, 6.07) is 7.76. The fourth-order valence-electron chi connectivity index (χ4n) is 3.16. The van der Waals surface area contributed by atoms with E-state index in [4.69, 9.17) is 20.8 Å². The lowest BCUT2D eigenvalue weighted by molar-refractivity contribution is 0.289. The summed E-state index contributed by atoms with van der Waals surface area (Å²) < 4.78 is 13.5. The predicted molar refractivity (Wildman–Crippen MR) is 110 cm³/mol. The molecule has 0 atom stereocenters. The van der Waals surface area contributed by atoms with Crippen LogP contribution in [0.3, 0.4) is 0 Å². The lowest BCUT2D eigenvalue weighted by Crippen LogP contribution is -2.32. The summed E-state index contributed by atoms with van der Waals surface area (Å²) >= 11 is 13.5. The summed E-state index contributed by atoms with van der Waals surface area (Å²) in [5, 5.41) is 1.37. The van der Waals surface area contributed by atoms with Gasteiger partial charge in [0.1, 0.15) is 11.3 Å². The quantitative estimate of drug-likeness (QED) is 0.389. The van der Waals surface area contributed by atoms with Crippen molar-refractivity contribution >= 4 is 60.1 Å². The van der Waals surface area contributed by atoms with Gasteiger partial charge in [0, 0.05) is 19.9 Å². The number of fused-ring (bicyclic) bond motifs is 3. The van der Waals surface area contributed by atoms with Gasteiger partial charge in [-0.2, -0.15) is 0 Å². The molecule has 3 aromatic rings. The smallest absolute Gasteiger partial charge is 0.339 e. The van der Waals surface area contributed by atoms with Crippen LogP contribution in [0.25, 0.3) is 11.0 Å². The Bertz CT molecular complexity index is 1110. The van der Waals surface area contributed by atoms with Crippen molar-refractivity contribution in [1.82, 2.24) is 0 Å². The van der Waals surface area contributed by atoms with Crippen molar-refractivity contribution in [2.24, 2.45) is 0 Å². The third kappa shape index (κ3) is 2.84. The topological polar surface area (TPSA) is 42.7 Å². The highest BCUT2D eigenvalue weighted by molar-refractivity contribution is 9.11. The van der Waals surface area contributed by atoms with E-state index in [9.17, 15) is 4.79 Å². The van der Waals surface area contributed by atoms with Gasteiger partial charge in [-0.05, 0) is 59.6 Å². The highest BCUT2D eigenvalue weighted by atomic mass is 79.9. The molecule has 1 aliphatic rings. The van der Waals surface area contributed by atoms with Crippen molar-refractivity contribution in [3.05, 3.63) is 65.3 Å². The second-order valence-corrected chi connectivity index (χ2v) is 8.43. The number of anilines is 1. The molecule has 0 fully saturated rings. The summed E-state index contributed by atoms with van der Waals surface area (Å²) in [6.45, 7) is 4.55. The first-order valence-corrected chi connectivity index (χ1v) is 9.91. The van der Waals surface area contributed by atoms with Crippen molar-refractivity contribution < 1.29 is 9.15 Å². The van der Waals surface area contributed by atoms with Gasteiger partial charge in [0.15, 0.2) is 6.73 Å². The number of hydrogen-bond acceptors (Lipinski definition) is 4. The second-order valence-electron chi connectivity index (χ2n) is 6.25. The third-order valence-electron chi connectivity index (χ3n) is 4.71. The van der Waals surface area contributed by atoms with Crippen molar-refractivity contribution in [3.8, 4) is 5.75 Å². The summed E-state index contributed by atoms with van der Waals surface area (Å²) in [4.78, 5) is 14.3. The zero-order valence-corrected chi connectivity index (χ0v) is 18.0. The fourth-order valence-corrected chi connectivity index (χ4v) is 4.73. The molecule has 1 aliphatic heterocycles. The van der Waals surface area contributed by atoms with Gasteiger partial charge in [0.05, 0.1) is 22.8 Å². The summed E-state index contributed by atoms with van der Waals surface area (Å²) in [5.74, 6) is 0.579. The fraction of sp³-hybridized carbons (Fsp3) is 0.211. The highest BCUT2D eigenvalue weighted by Gasteiger charge is 2.26. The van der Waals surface area contributed by atoms with Crippen LogP contribution in [-0.2, 0) is 6.54 Å². The van der Waals surface area contributed by atoms with Crippen LogP contribution in [-0.4, -0.2) is 6.73 Å². The Hall–Kier alpha value is -1.50. The van der Waals surface area contributed by atoms with E-state index < -0.39 is 0 Å². The van der Waals surface area contributed by atoms with Crippen LogP contribution >= 0.6 is 43.5 Å². The maximum Gasteiger partial charge on any atom is 0.339 e. The molecule has 0 bridgehead atoms. The van der Waals surface area contributed by atoms with Crippen LogP contribution in [0.2, 0.25) is 5.02 Å². The molecule has 4 nitrogen and oxygen atoms in total. The average Bonchev–Trinajstić information content (AvgIpc) is 2.61. The van der Waals surface area contributed by atoms with E-state index >= 15 is 0 Å². The summed E-state index contributed by atoms with van der Waals surface area (Å²) in [7, 11) is 0. The van der Waals surface area contributed by atoms with Crippen LogP contribution < -0.4 is 15.3 Å². The first kappa shape index (κ1) is 17.9. The monoisotopic (exact) mass is 497 g/mol. The first-order valence-electron chi connectivity index (χ1n) is 7.95. The molecular weight excluding hydrogens is 485 g/mol. The molecule has 0 radical (unpaired) electrons. The number of ether oxygens (including phenoxy) is 1. The van der Waals surface area contributed by atoms with E-state index in [1.165, 1.54) is 0 Å². The maximum atomic E-state index is 12.2. The van der Waals surface area contributed by atoms with Gasteiger partial charge in [0.25, 0.3) is 0 Å². The highest BCUT2D eigenvalue weighted by Crippen LogP contribution is 2.41. The van der Waals surface area contributed by atoms with E-state index in [1.54, 1.807) is 6.92 Å². The van der Waals surface area contributed by atoms with Crippen LogP contribution in [0.1, 0.15) is 16.7 Å². The Balaban J connectivity index is 1.90. The molecule has 2 aromatic carbocycles. The number of rotatable bonds is 1. The molecule has 0 unspecified atom stereocenters. The van der Waals surface area contributed by atoms with Crippen molar-refractivity contribution in [1.29, 1.82) is 0 Å². The minimum absolute atomic E-state index is 0.332. The second kappa shape index (κ2) is 6.59. The molecule has 7 heteroatoms. The largest absolute Gasteiger partial charge is 0.471 e. The van der Waals surface area contributed by atoms with Gasteiger partial charge in [-0.3, -0.25) is 0 Å². The van der Waals surface area contributed by atoms with Crippen molar-refractivity contribution in [2.75, 3.05) is 11.6 Å². The molecular formula is C19H14Br2ClNO3. The van der Waals surface area contributed by atoms with Gasteiger partial charge < -0.3 is 14.1 Å². The molecule has 0 N–H and O–H groups in total. The summed E-state index contributed by atoms with van der Waals surface area (Å²) in [6.07, 6.45) is 0. The van der Waals surface area contributed by atoms with Gasteiger partial charge in [-0.1, -0.05) is 27.5 Å². The Labute approximate surface area is 172 Å².